The first kappa shape index (κ1) is 12.6. The van der Waals surface area contributed by atoms with E-state index in [1.807, 2.05) is 6.92 Å². The monoisotopic (exact) mass is 275 g/mol. The lowest BCUT2D eigenvalue weighted by atomic mass is 10.2. The Bertz CT molecular complexity index is 498. The van der Waals surface area contributed by atoms with Crippen LogP contribution in [0.5, 0.6) is 0 Å². The van der Waals surface area contributed by atoms with Crippen LogP contribution in [0.15, 0.2) is 6.07 Å². The van der Waals surface area contributed by atoms with E-state index in [1.165, 1.54) is 0 Å². The molecular formula is C10H14ClN3O2S. The van der Waals surface area contributed by atoms with Gasteiger partial charge in [-0.3, -0.25) is 0 Å². The third kappa shape index (κ3) is 3.54. The highest BCUT2D eigenvalue weighted by molar-refractivity contribution is 7.91. The van der Waals surface area contributed by atoms with E-state index in [9.17, 15) is 8.42 Å². The maximum Gasteiger partial charge on any atom is 0.224 e. The molecule has 0 radical (unpaired) electrons. The predicted octanol–water partition coefficient (Wildman–Crippen LogP) is 1.43. The molecule has 1 fully saturated rings. The molecule has 1 aromatic rings. The molecule has 0 aliphatic carbocycles. The van der Waals surface area contributed by atoms with Gasteiger partial charge in [0.1, 0.15) is 5.82 Å². The van der Waals surface area contributed by atoms with Crippen molar-refractivity contribution >= 4 is 27.3 Å². The first-order valence-electron chi connectivity index (χ1n) is 5.43. The second-order valence-electron chi connectivity index (χ2n) is 4.26. The van der Waals surface area contributed by atoms with E-state index in [-0.39, 0.29) is 22.8 Å². The summed E-state index contributed by atoms with van der Waals surface area (Å²) >= 11 is 5.74. The number of sulfone groups is 1. The van der Waals surface area contributed by atoms with Crippen molar-refractivity contribution in [2.45, 2.75) is 25.8 Å². The Morgan fingerprint density at radius 1 is 1.47 bits per heavy atom. The number of aromatic nitrogens is 2. The van der Waals surface area contributed by atoms with Gasteiger partial charge in [-0.25, -0.2) is 18.4 Å². The number of nitrogens with zero attached hydrogens (tertiary/aromatic N) is 2. The largest absolute Gasteiger partial charge is 0.366 e. The molecule has 2 rings (SSSR count). The fourth-order valence-corrected chi connectivity index (χ4v) is 3.81. The van der Waals surface area contributed by atoms with E-state index in [4.69, 9.17) is 11.6 Å². The fraction of sp³-hybridized carbons (Fsp3) is 0.600. The Morgan fingerprint density at radius 3 is 2.88 bits per heavy atom. The fourth-order valence-electron chi connectivity index (χ4n) is 1.95. The molecule has 0 amide bonds. The van der Waals surface area contributed by atoms with Crippen LogP contribution < -0.4 is 5.32 Å². The first-order valence-corrected chi connectivity index (χ1v) is 7.63. The summed E-state index contributed by atoms with van der Waals surface area (Å²) in [5, 5.41) is 3.28. The van der Waals surface area contributed by atoms with Crippen molar-refractivity contribution < 1.29 is 8.42 Å². The quantitative estimate of drug-likeness (QED) is 0.827. The summed E-state index contributed by atoms with van der Waals surface area (Å²) in [5.74, 6) is 1.03. The van der Waals surface area contributed by atoms with Gasteiger partial charge in [0.15, 0.2) is 9.84 Å². The predicted molar refractivity (Wildman–Crippen MR) is 67.1 cm³/mol. The van der Waals surface area contributed by atoms with Crippen LogP contribution in [0.3, 0.4) is 0 Å². The second-order valence-corrected chi connectivity index (χ2v) is 6.83. The topological polar surface area (TPSA) is 72.0 Å². The summed E-state index contributed by atoms with van der Waals surface area (Å²) in [6.45, 7) is 1.82. The number of aryl methyl sites for hydroxylation is 1. The molecule has 0 aromatic carbocycles. The highest BCUT2D eigenvalue weighted by Crippen LogP contribution is 2.17. The first-order chi connectivity index (χ1) is 7.94. The molecule has 2 heterocycles. The van der Waals surface area contributed by atoms with Crippen molar-refractivity contribution in [3.05, 3.63) is 17.0 Å². The van der Waals surface area contributed by atoms with E-state index in [0.29, 0.717) is 12.2 Å². The summed E-state index contributed by atoms with van der Waals surface area (Å²) in [4.78, 5) is 7.98. The van der Waals surface area contributed by atoms with Crippen molar-refractivity contribution in [2.75, 3.05) is 16.8 Å². The number of nitrogens with one attached hydrogen (secondary N) is 1. The van der Waals surface area contributed by atoms with Gasteiger partial charge in [-0.2, -0.15) is 0 Å². The Labute approximate surface area is 106 Å². The van der Waals surface area contributed by atoms with E-state index in [2.05, 4.69) is 15.3 Å². The molecule has 94 valence electrons. The molecule has 0 spiro atoms. The van der Waals surface area contributed by atoms with Gasteiger partial charge in [-0.05, 0) is 31.4 Å². The molecule has 17 heavy (non-hydrogen) atoms. The molecule has 1 saturated heterocycles. The average molecular weight is 276 g/mol. The van der Waals surface area contributed by atoms with Crippen LogP contribution in [-0.2, 0) is 9.84 Å². The van der Waals surface area contributed by atoms with Crippen LogP contribution in [-0.4, -0.2) is 35.9 Å². The smallest absolute Gasteiger partial charge is 0.224 e. The zero-order valence-electron chi connectivity index (χ0n) is 9.48. The van der Waals surface area contributed by atoms with Gasteiger partial charge in [-0.1, -0.05) is 0 Å². The third-order valence-corrected chi connectivity index (χ3v) is 4.63. The zero-order valence-corrected chi connectivity index (χ0v) is 11.1. The van der Waals surface area contributed by atoms with Gasteiger partial charge in [0.2, 0.25) is 5.28 Å². The summed E-state index contributed by atoms with van der Waals surface area (Å²) in [6, 6.07) is 1.67. The van der Waals surface area contributed by atoms with Gasteiger partial charge in [0.25, 0.3) is 0 Å². The van der Waals surface area contributed by atoms with Gasteiger partial charge >= 0.3 is 0 Å². The Hall–Kier alpha value is -0.880. The number of hydrogen-bond acceptors (Lipinski definition) is 5. The van der Waals surface area contributed by atoms with E-state index >= 15 is 0 Å². The second kappa shape index (κ2) is 4.78. The molecule has 0 bridgehead atoms. The molecule has 0 saturated carbocycles. The maximum atomic E-state index is 11.5. The van der Waals surface area contributed by atoms with Crippen LogP contribution in [0.1, 0.15) is 18.5 Å². The minimum atomic E-state index is -2.91. The van der Waals surface area contributed by atoms with Gasteiger partial charge in [0, 0.05) is 17.8 Å². The van der Waals surface area contributed by atoms with E-state index in [1.54, 1.807) is 6.07 Å². The third-order valence-electron chi connectivity index (χ3n) is 2.64. The summed E-state index contributed by atoms with van der Waals surface area (Å²) in [7, 11) is -2.91. The van der Waals surface area contributed by atoms with Gasteiger partial charge in [0.05, 0.1) is 11.5 Å². The molecule has 1 aliphatic rings. The number of hydrogen-bond donors (Lipinski definition) is 1. The van der Waals surface area contributed by atoms with Crippen LogP contribution in [0, 0.1) is 6.92 Å². The Kier molecular flexibility index (Phi) is 3.53. The lowest BCUT2D eigenvalue weighted by Gasteiger charge is -2.23. The summed E-state index contributed by atoms with van der Waals surface area (Å²) in [5.41, 5.74) is 0.756. The molecule has 1 unspecified atom stereocenters. The maximum absolute atomic E-state index is 11.5. The number of halogens is 1. The van der Waals surface area contributed by atoms with Gasteiger partial charge < -0.3 is 5.32 Å². The highest BCUT2D eigenvalue weighted by atomic mass is 35.5. The zero-order chi connectivity index (χ0) is 12.5. The molecule has 7 heteroatoms. The van der Waals surface area contributed by atoms with Crippen molar-refractivity contribution in [3.63, 3.8) is 0 Å². The van der Waals surface area contributed by atoms with Crippen molar-refractivity contribution in [1.29, 1.82) is 0 Å². The summed E-state index contributed by atoms with van der Waals surface area (Å²) < 4.78 is 23.0. The normalized spacial score (nSPS) is 23.3. The van der Waals surface area contributed by atoms with Crippen molar-refractivity contribution in [2.24, 2.45) is 0 Å². The number of rotatable bonds is 2. The van der Waals surface area contributed by atoms with Crippen LogP contribution in [0.2, 0.25) is 5.28 Å². The van der Waals surface area contributed by atoms with Crippen LogP contribution in [0.4, 0.5) is 5.82 Å². The van der Waals surface area contributed by atoms with Crippen LogP contribution >= 0.6 is 11.6 Å². The van der Waals surface area contributed by atoms with Crippen molar-refractivity contribution in [3.8, 4) is 0 Å². The Morgan fingerprint density at radius 2 is 2.24 bits per heavy atom. The SMILES string of the molecule is Cc1cc(NC2CCCS(=O)(=O)C2)nc(Cl)n1. The Balaban J connectivity index is 2.10. The van der Waals surface area contributed by atoms with E-state index in [0.717, 1.165) is 12.1 Å². The standard InChI is InChI=1S/C10H14ClN3O2S/c1-7-5-9(14-10(11)12-7)13-8-3-2-4-17(15,16)6-8/h5,8H,2-4,6H2,1H3,(H,12,13,14). The number of anilines is 1. The van der Waals surface area contributed by atoms with Crippen molar-refractivity contribution in [1.82, 2.24) is 9.97 Å². The average Bonchev–Trinajstić information content (AvgIpc) is 2.13. The highest BCUT2D eigenvalue weighted by Gasteiger charge is 2.24. The minimum absolute atomic E-state index is 0.0842. The lowest BCUT2D eigenvalue weighted by molar-refractivity contribution is 0.561. The molecule has 1 aromatic heterocycles. The minimum Gasteiger partial charge on any atom is -0.366 e. The lowest BCUT2D eigenvalue weighted by Crippen LogP contribution is -2.35. The molecule has 5 nitrogen and oxygen atoms in total. The molecule has 1 aliphatic heterocycles. The van der Waals surface area contributed by atoms with Crippen LogP contribution in [0.25, 0.3) is 0 Å². The van der Waals surface area contributed by atoms with E-state index < -0.39 is 9.84 Å². The molecular weight excluding hydrogens is 262 g/mol. The summed E-state index contributed by atoms with van der Waals surface area (Å²) in [6.07, 6.45) is 1.53. The van der Waals surface area contributed by atoms with Gasteiger partial charge in [-0.15, -0.1) is 0 Å². The molecule has 1 N–H and O–H groups in total. The molecule has 1 atom stereocenters.